The van der Waals surface area contributed by atoms with Crippen LogP contribution in [0, 0.1) is 11.6 Å². The van der Waals surface area contributed by atoms with Crippen molar-refractivity contribution in [3.63, 3.8) is 0 Å². The van der Waals surface area contributed by atoms with E-state index in [-0.39, 0.29) is 38.5 Å². The van der Waals surface area contributed by atoms with Gasteiger partial charge in [-0.2, -0.15) is 4.31 Å². The number of rotatable bonds is 4. The molecule has 0 spiro atoms. The molecule has 1 aliphatic heterocycles. The fourth-order valence-electron chi connectivity index (χ4n) is 2.76. The molecule has 1 saturated heterocycles. The molecule has 3 rings (SSSR count). The van der Waals surface area contributed by atoms with Gasteiger partial charge < -0.3 is 9.88 Å². The van der Waals surface area contributed by atoms with E-state index in [1.165, 1.54) is 0 Å². The molecule has 1 amide bonds. The monoisotopic (exact) mass is 369 g/mol. The Balaban J connectivity index is 1.66. The summed E-state index contributed by atoms with van der Waals surface area (Å²) in [5.41, 5.74) is 0.855. The molecule has 134 valence electrons. The van der Waals surface area contributed by atoms with Crippen molar-refractivity contribution in [2.45, 2.75) is 11.3 Å². The lowest BCUT2D eigenvalue weighted by Gasteiger charge is -2.34. The van der Waals surface area contributed by atoms with Crippen LogP contribution in [0.2, 0.25) is 0 Å². The summed E-state index contributed by atoms with van der Waals surface area (Å²) < 4.78 is 52.9. The SMILES string of the molecule is O=C(Cc1cc[nH]c1)N1CCN(S(=O)(=O)c2ccc(F)cc2F)CC1. The molecule has 0 atom stereocenters. The number of halogens is 2. The quantitative estimate of drug-likeness (QED) is 0.885. The van der Waals surface area contributed by atoms with E-state index in [9.17, 15) is 22.0 Å². The van der Waals surface area contributed by atoms with Crippen LogP contribution in [-0.2, 0) is 21.2 Å². The highest BCUT2D eigenvalue weighted by Crippen LogP contribution is 2.21. The first kappa shape index (κ1) is 17.6. The lowest BCUT2D eigenvalue weighted by Crippen LogP contribution is -2.51. The highest BCUT2D eigenvalue weighted by atomic mass is 32.2. The number of H-pyrrole nitrogens is 1. The maximum atomic E-state index is 13.8. The van der Waals surface area contributed by atoms with Gasteiger partial charge in [-0.1, -0.05) is 0 Å². The van der Waals surface area contributed by atoms with Crippen molar-refractivity contribution in [2.75, 3.05) is 26.2 Å². The number of piperazine rings is 1. The standard InChI is InChI=1S/C16H17F2N3O3S/c17-13-1-2-15(14(18)10-13)25(23,24)21-7-5-20(6-8-21)16(22)9-12-3-4-19-11-12/h1-4,10-11,19H,5-9H2. The molecule has 25 heavy (non-hydrogen) atoms. The van der Waals surface area contributed by atoms with Crippen LogP contribution in [-0.4, -0.2) is 54.7 Å². The van der Waals surface area contributed by atoms with Crippen LogP contribution < -0.4 is 0 Å². The van der Waals surface area contributed by atoms with Gasteiger partial charge in [0, 0.05) is 44.6 Å². The number of carbonyl (C=O) groups is 1. The van der Waals surface area contributed by atoms with Crippen molar-refractivity contribution in [3.8, 4) is 0 Å². The first-order valence-electron chi connectivity index (χ1n) is 7.72. The van der Waals surface area contributed by atoms with Crippen molar-refractivity contribution < 1.29 is 22.0 Å². The van der Waals surface area contributed by atoms with Gasteiger partial charge in [-0.25, -0.2) is 17.2 Å². The normalized spacial score (nSPS) is 16.2. The maximum Gasteiger partial charge on any atom is 0.246 e. The Morgan fingerprint density at radius 3 is 2.44 bits per heavy atom. The van der Waals surface area contributed by atoms with Gasteiger partial charge in [0.25, 0.3) is 0 Å². The number of hydrogen-bond acceptors (Lipinski definition) is 3. The first-order chi connectivity index (χ1) is 11.9. The molecule has 9 heteroatoms. The zero-order chi connectivity index (χ0) is 18.0. The average molecular weight is 369 g/mol. The second-order valence-electron chi connectivity index (χ2n) is 5.76. The zero-order valence-electron chi connectivity index (χ0n) is 13.3. The number of benzene rings is 1. The lowest BCUT2D eigenvalue weighted by atomic mass is 10.2. The summed E-state index contributed by atoms with van der Waals surface area (Å²) in [6.07, 6.45) is 3.70. The molecule has 0 unspecified atom stereocenters. The van der Waals surface area contributed by atoms with Crippen molar-refractivity contribution in [1.82, 2.24) is 14.2 Å². The van der Waals surface area contributed by atoms with E-state index < -0.39 is 26.6 Å². The highest BCUT2D eigenvalue weighted by Gasteiger charge is 2.32. The second kappa shape index (κ2) is 6.93. The number of hydrogen-bond donors (Lipinski definition) is 1. The van der Waals surface area contributed by atoms with E-state index >= 15 is 0 Å². The van der Waals surface area contributed by atoms with Gasteiger partial charge in [0.1, 0.15) is 16.5 Å². The first-order valence-corrected chi connectivity index (χ1v) is 9.16. The number of aromatic amines is 1. The van der Waals surface area contributed by atoms with Crippen LogP contribution in [0.5, 0.6) is 0 Å². The predicted octanol–water partition coefficient (Wildman–Crippen LogP) is 1.37. The largest absolute Gasteiger partial charge is 0.367 e. The van der Waals surface area contributed by atoms with Crippen molar-refractivity contribution in [3.05, 3.63) is 53.9 Å². The average Bonchev–Trinajstić information content (AvgIpc) is 3.07. The van der Waals surface area contributed by atoms with Gasteiger partial charge in [-0.15, -0.1) is 0 Å². The number of nitrogens with zero attached hydrogens (tertiary/aromatic N) is 2. The molecule has 1 aliphatic rings. The molecule has 2 aromatic rings. The number of aromatic nitrogens is 1. The third kappa shape index (κ3) is 3.72. The van der Waals surface area contributed by atoms with Crippen LogP contribution in [0.25, 0.3) is 0 Å². The third-order valence-corrected chi connectivity index (χ3v) is 6.05. The Hall–Kier alpha value is -2.26. The van der Waals surface area contributed by atoms with Crippen LogP contribution in [0.4, 0.5) is 8.78 Å². The van der Waals surface area contributed by atoms with Crippen molar-refractivity contribution in [2.24, 2.45) is 0 Å². The molecule has 6 nitrogen and oxygen atoms in total. The number of sulfonamides is 1. The van der Waals surface area contributed by atoms with Gasteiger partial charge in [-0.3, -0.25) is 4.79 Å². The van der Waals surface area contributed by atoms with Crippen molar-refractivity contribution in [1.29, 1.82) is 0 Å². The summed E-state index contributed by atoms with van der Waals surface area (Å²) in [5.74, 6) is -2.05. The molecule has 0 aliphatic carbocycles. The third-order valence-electron chi connectivity index (χ3n) is 4.12. The van der Waals surface area contributed by atoms with Crippen LogP contribution in [0.3, 0.4) is 0 Å². The van der Waals surface area contributed by atoms with Crippen LogP contribution in [0.1, 0.15) is 5.56 Å². The van der Waals surface area contributed by atoms with Gasteiger partial charge in [0.15, 0.2) is 0 Å². The van der Waals surface area contributed by atoms with E-state index in [0.29, 0.717) is 6.07 Å². The molecule has 1 N–H and O–H groups in total. The Morgan fingerprint density at radius 1 is 1.12 bits per heavy atom. The van der Waals surface area contributed by atoms with Crippen LogP contribution >= 0.6 is 0 Å². The van der Waals surface area contributed by atoms with E-state index in [2.05, 4.69) is 4.98 Å². The number of carbonyl (C=O) groups excluding carboxylic acids is 1. The summed E-state index contributed by atoms with van der Waals surface area (Å²) in [6.45, 7) is 0.590. The second-order valence-corrected chi connectivity index (χ2v) is 7.66. The smallest absolute Gasteiger partial charge is 0.246 e. The maximum absolute atomic E-state index is 13.8. The van der Waals surface area contributed by atoms with E-state index in [4.69, 9.17) is 0 Å². The summed E-state index contributed by atoms with van der Waals surface area (Å²) >= 11 is 0. The van der Waals surface area contributed by atoms with Gasteiger partial charge in [0.2, 0.25) is 15.9 Å². The number of amides is 1. The fraction of sp³-hybridized carbons (Fsp3) is 0.312. The lowest BCUT2D eigenvalue weighted by molar-refractivity contribution is -0.131. The molecule has 1 aromatic heterocycles. The van der Waals surface area contributed by atoms with Crippen LogP contribution in [0.15, 0.2) is 41.6 Å². The highest BCUT2D eigenvalue weighted by molar-refractivity contribution is 7.89. The van der Waals surface area contributed by atoms with Crippen molar-refractivity contribution >= 4 is 15.9 Å². The minimum absolute atomic E-state index is 0.0675. The summed E-state index contributed by atoms with van der Waals surface area (Å²) in [7, 11) is -4.06. The summed E-state index contributed by atoms with van der Waals surface area (Å²) in [6, 6.07) is 4.18. The van der Waals surface area contributed by atoms with E-state index in [0.717, 1.165) is 22.0 Å². The summed E-state index contributed by atoms with van der Waals surface area (Å²) in [5, 5.41) is 0. The molecular formula is C16H17F2N3O3S. The minimum Gasteiger partial charge on any atom is -0.367 e. The Kier molecular flexibility index (Phi) is 4.87. The minimum atomic E-state index is -4.06. The zero-order valence-corrected chi connectivity index (χ0v) is 14.1. The molecule has 0 saturated carbocycles. The number of nitrogens with one attached hydrogen (secondary N) is 1. The molecule has 2 heterocycles. The summed E-state index contributed by atoms with van der Waals surface area (Å²) in [4.78, 5) is 16.1. The molecule has 1 aromatic carbocycles. The van der Waals surface area contributed by atoms with E-state index in [1.807, 2.05) is 0 Å². The Morgan fingerprint density at radius 2 is 1.84 bits per heavy atom. The molecule has 1 fully saturated rings. The predicted molar refractivity (Wildman–Crippen MR) is 86.2 cm³/mol. The van der Waals surface area contributed by atoms with Gasteiger partial charge in [0.05, 0.1) is 6.42 Å². The van der Waals surface area contributed by atoms with Gasteiger partial charge >= 0.3 is 0 Å². The van der Waals surface area contributed by atoms with E-state index in [1.54, 1.807) is 23.4 Å². The van der Waals surface area contributed by atoms with Gasteiger partial charge in [-0.05, 0) is 23.8 Å². The molecule has 0 bridgehead atoms. The fourth-order valence-corrected chi connectivity index (χ4v) is 4.22. The topological polar surface area (TPSA) is 73.5 Å². The molecular weight excluding hydrogens is 352 g/mol. The Labute approximate surface area is 144 Å². The Bertz CT molecular complexity index is 861. The molecule has 0 radical (unpaired) electrons.